The number of benzene rings is 1. The van der Waals surface area contributed by atoms with E-state index in [1.54, 1.807) is 0 Å². The second-order valence-corrected chi connectivity index (χ2v) is 7.19. The van der Waals surface area contributed by atoms with Gasteiger partial charge in [0.15, 0.2) is 0 Å². The Morgan fingerprint density at radius 2 is 2.00 bits per heavy atom. The van der Waals surface area contributed by atoms with Crippen LogP contribution >= 0.6 is 0 Å². The zero-order valence-corrected chi connectivity index (χ0v) is 12.9. The Bertz CT molecular complexity index is 668. The molecule has 0 saturated heterocycles. The van der Waals surface area contributed by atoms with Gasteiger partial charge in [-0.3, -0.25) is 0 Å². The summed E-state index contributed by atoms with van der Waals surface area (Å²) in [4.78, 5) is -0.483. The van der Waals surface area contributed by atoms with Crippen LogP contribution in [0, 0.1) is 17.7 Å². The summed E-state index contributed by atoms with van der Waals surface area (Å²) in [6, 6.07) is 3.47. The van der Waals surface area contributed by atoms with Gasteiger partial charge < -0.3 is 10.2 Å². The summed E-state index contributed by atoms with van der Waals surface area (Å²) in [7, 11) is -2.77. The molecule has 0 aromatic heterocycles. The molecule has 0 aliphatic carbocycles. The molecule has 0 atom stereocenters. The van der Waals surface area contributed by atoms with E-state index in [1.165, 1.54) is 27.0 Å². The molecule has 0 spiro atoms. The fourth-order valence-corrected chi connectivity index (χ4v) is 3.09. The van der Waals surface area contributed by atoms with Crippen LogP contribution in [0.2, 0.25) is 0 Å². The largest absolute Gasteiger partial charge is 0.389 e. The van der Waals surface area contributed by atoms with Gasteiger partial charge in [0.1, 0.15) is 17.3 Å². The lowest BCUT2D eigenvalue weighted by Gasteiger charge is -2.25. The van der Waals surface area contributed by atoms with Crippen LogP contribution in [-0.4, -0.2) is 48.7 Å². The summed E-state index contributed by atoms with van der Waals surface area (Å²) in [5.41, 5.74) is -0.962. The van der Waals surface area contributed by atoms with Gasteiger partial charge in [-0.05, 0) is 32.0 Å². The standard InChI is InChI=1S/C14H18FNO4S/c1-14(2,18)10-16(3)21(19,20)13-7-6-11(5-4-8-17)9-12(13)15/h6-7,9,17-18H,8,10H2,1-3H3. The molecule has 1 rings (SSSR count). The second kappa shape index (κ2) is 6.54. The van der Waals surface area contributed by atoms with Crippen LogP contribution in [-0.2, 0) is 10.0 Å². The first-order valence-electron chi connectivity index (χ1n) is 6.16. The second-order valence-electron chi connectivity index (χ2n) is 5.18. The van der Waals surface area contributed by atoms with E-state index in [0.717, 1.165) is 16.4 Å². The lowest BCUT2D eigenvalue weighted by atomic mass is 10.1. The van der Waals surface area contributed by atoms with Crippen molar-refractivity contribution < 1.29 is 23.0 Å². The number of sulfonamides is 1. The highest BCUT2D eigenvalue weighted by molar-refractivity contribution is 7.89. The summed E-state index contributed by atoms with van der Waals surface area (Å²) in [5, 5.41) is 18.2. The van der Waals surface area contributed by atoms with Crippen molar-refractivity contribution in [2.75, 3.05) is 20.2 Å². The highest BCUT2D eigenvalue weighted by Crippen LogP contribution is 2.20. The fraction of sp³-hybridized carbons (Fsp3) is 0.429. The molecule has 0 radical (unpaired) electrons. The zero-order chi connectivity index (χ0) is 16.3. The van der Waals surface area contributed by atoms with Crippen LogP contribution in [0.3, 0.4) is 0 Å². The third-order valence-electron chi connectivity index (χ3n) is 2.54. The molecular formula is C14H18FNO4S. The van der Waals surface area contributed by atoms with Gasteiger partial charge in [0, 0.05) is 19.2 Å². The fourth-order valence-electron chi connectivity index (χ4n) is 1.73. The van der Waals surface area contributed by atoms with E-state index in [1.807, 2.05) is 0 Å². The van der Waals surface area contributed by atoms with E-state index in [9.17, 15) is 17.9 Å². The Morgan fingerprint density at radius 3 is 2.48 bits per heavy atom. The molecule has 0 fully saturated rings. The number of aliphatic hydroxyl groups excluding tert-OH is 1. The molecule has 0 bridgehead atoms. The first-order chi connectivity index (χ1) is 9.58. The van der Waals surface area contributed by atoms with Crippen molar-refractivity contribution in [2.24, 2.45) is 0 Å². The maximum atomic E-state index is 14.0. The van der Waals surface area contributed by atoms with Gasteiger partial charge >= 0.3 is 0 Å². The van der Waals surface area contributed by atoms with Gasteiger partial charge in [0.05, 0.1) is 5.60 Å². The topological polar surface area (TPSA) is 77.8 Å². The maximum Gasteiger partial charge on any atom is 0.245 e. The average Bonchev–Trinajstić information content (AvgIpc) is 2.34. The Labute approximate surface area is 124 Å². The van der Waals surface area contributed by atoms with Crippen molar-refractivity contribution in [3.05, 3.63) is 29.6 Å². The highest BCUT2D eigenvalue weighted by atomic mass is 32.2. The molecule has 0 amide bonds. The molecule has 0 unspecified atom stereocenters. The van der Waals surface area contributed by atoms with Gasteiger partial charge in [-0.15, -0.1) is 0 Å². The number of rotatable bonds is 4. The molecule has 1 aromatic carbocycles. The molecule has 21 heavy (non-hydrogen) atoms. The highest BCUT2D eigenvalue weighted by Gasteiger charge is 2.28. The van der Waals surface area contributed by atoms with Crippen molar-refractivity contribution in [2.45, 2.75) is 24.3 Å². The molecule has 5 nitrogen and oxygen atoms in total. The van der Waals surface area contributed by atoms with Crippen molar-refractivity contribution in [3.8, 4) is 11.8 Å². The van der Waals surface area contributed by atoms with Crippen molar-refractivity contribution in [1.29, 1.82) is 0 Å². The quantitative estimate of drug-likeness (QED) is 0.796. The third kappa shape index (κ3) is 4.79. The SMILES string of the molecule is CN(CC(C)(C)O)S(=O)(=O)c1ccc(C#CCO)cc1F. The summed E-state index contributed by atoms with van der Waals surface area (Å²) in [6.45, 7) is 2.39. The Kier molecular flexibility index (Phi) is 5.48. The summed E-state index contributed by atoms with van der Waals surface area (Å²) < 4.78 is 39.4. The van der Waals surface area contributed by atoms with Crippen molar-refractivity contribution in [3.63, 3.8) is 0 Å². The van der Waals surface area contributed by atoms with Crippen LogP contribution in [0.4, 0.5) is 4.39 Å². The molecule has 116 valence electrons. The predicted octanol–water partition coefficient (Wildman–Crippen LogP) is 0.561. The normalized spacial score (nSPS) is 12.1. The zero-order valence-electron chi connectivity index (χ0n) is 12.1. The monoisotopic (exact) mass is 315 g/mol. The smallest absolute Gasteiger partial charge is 0.245 e. The maximum absolute atomic E-state index is 14.0. The molecule has 0 heterocycles. The van der Waals surface area contributed by atoms with Crippen LogP contribution in [0.1, 0.15) is 19.4 Å². The summed E-state index contributed by atoms with van der Waals surface area (Å²) >= 11 is 0. The molecular weight excluding hydrogens is 297 g/mol. The molecule has 7 heteroatoms. The van der Waals surface area contributed by atoms with Gasteiger partial charge in [-0.2, -0.15) is 4.31 Å². The average molecular weight is 315 g/mol. The Morgan fingerprint density at radius 1 is 1.38 bits per heavy atom. The lowest BCUT2D eigenvalue weighted by molar-refractivity contribution is 0.0639. The van der Waals surface area contributed by atoms with Crippen LogP contribution in [0.15, 0.2) is 23.1 Å². The predicted molar refractivity (Wildman–Crippen MR) is 76.5 cm³/mol. The van der Waals surface area contributed by atoms with E-state index in [0.29, 0.717) is 0 Å². The van der Waals surface area contributed by atoms with Gasteiger partial charge in [0.25, 0.3) is 0 Å². The number of likely N-dealkylation sites (N-methyl/N-ethyl adjacent to an activating group) is 1. The molecule has 0 aliphatic heterocycles. The summed E-state index contributed by atoms with van der Waals surface area (Å²) in [6.07, 6.45) is 0. The van der Waals surface area contributed by atoms with Crippen LogP contribution in [0.5, 0.6) is 0 Å². The Hall–Kier alpha value is -1.46. The molecule has 1 aromatic rings. The Balaban J connectivity index is 3.15. The number of nitrogens with zero attached hydrogens (tertiary/aromatic N) is 1. The molecule has 2 N–H and O–H groups in total. The number of halogens is 1. The lowest BCUT2D eigenvalue weighted by Crippen LogP contribution is -2.39. The number of hydrogen-bond donors (Lipinski definition) is 2. The minimum absolute atomic E-state index is 0.166. The minimum Gasteiger partial charge on any atom is -0.389 e. The summed E-state index contributed by atoms with van der Waals surface area (Å²) in [5.74, 6) is 3.91. The van der Waals surface area contributed by atoms with Gasteiger partial charge in [0.2, 0.25) is 10.0 Å². The number of aliphatic hydroxyl groups is 2. The van der Waals surface area contributed by atoms with E-state index in [2.05, 4.69) is 11.8 Å². The van der Waals surface area contributed by atoms with Crippen molar-refractivity contribution in [1.82, 2.24) is 4.31 Å². The van der Waals surface area contributed by atoms with Gasteiger partial charge in [-0.1, -0.05) is 11.8 Å². The molecule has 0 saturated carbocycles. The first-order valence-corrected chi connectivity index (χ1v) is 7.60. The van der Waals surface area contributed by atoms with Crippen LogP contribution < -0.4 is 0 Å². The van der Waals surface area contributed by atoms with E-state index >= 15 is 0 Å². The van der Waals surface area contributed by atoms with E-state index in [4.69, 9.17) is 5.11 Å². The third-order valence-corrected chi connectivity index (χ3v) is 4.38. The molecule has 0 aliphatic rings. The number of hydrogen-bond acceptors (Lipinski definition) is 4. The van der Waals surface area contributed by atoms with Crippen LogP contribution in [0.25, 0.3) is 0 Å². The van der Waals surface area contributed by atoms with Crippen molar-refractivity contribution >= 4 is 10.0 Å². The minimum atomic E-state index is -4.04. The van der Waals surface area contributed by atoms with Gasteiger partial charge in [-0.25, -0.2) is 12.8 Å². The van der Waals surface area contributed by atoms with E-state index in [-0.39, 0.29) is 18.7 Å². The van der Waals surface area contributed by atoms with E-state index < -0.39 is 26.3 Å². The first kappa shape index (κ1) is 17.6.